The van der Waals surface area contributed by atoms with Crippen molar-refractivity contribution in [1.82, 2.24) is 0 Å². The van der Waals surface area contributed by atoms with E-state index in [1.165, 1.54) is 36.4 Å². The third-order valence-electron chi connectivity index (χ3n) is 12.8. The van der Waals surface area contributed by atoms with E-state index in [1.807, 2.05) is 60.7 Å². The number of rotatable bonds is 16. The van der Waals surface area contributed by atoms with Crippen LogP contribution in [0.2, 0.25) is 0 Å². The van der Waals surface area contributed by atoms with Gasteiger partial charge < -0.3 is 39.0 Å². The molecule has 3 N–H and O–H groups in total. The molecule has 0 radical (unpaired) electrons. The molecule has 0 bridgehead atoms. The molecule has 0 amide bonds. The van der Waals surface area contributed by atoms with Crippen LogP contribution in [0.5, 0.6) is 11.5 Å². The number of carboxylic acids is 3. The van der Waals surface area contributed by atoms with Gasteiger partial charge in [0.15, 0.2) is 0 Å². The number of allylic oxidation sites excluding steroid dienone is 2. The zero-order valence-electron chi connectivity index (χ0n) is 37.1. The Morgan fingerprint density at radius 2 is 0.986 bits per heavy atom. The zero-order valence-corrected chi connectivity index (χ0v) is 37.1. The summed E-state index contributed by atoms with van der Waals surface area (Å²) in [6.45, 7) is 1.29. The molecule has 0 saturated carbocycles. The molecule has 3 aliphatic rings. The highest BCUT2D eigenvalue weighted by Crippen LogP contribution is 2.63. The van der Waals surface area contributed by atoms with Crippen LogP contribution in [0.3, 0.4) is 0 Å². The fourth-order valence-electron chi connectivity index (χ4n) is 9.77. The number of hydrogen-bond donors (Lipinski definition) is 3. The van der Waals surface area contributed by atoms with Crippen molar-refractivity contribution in [2.75, 3.05) is 33.0 Å². The highest BCUT2D eigenvalue weighted by atomic mass is 16.6. The van der Waals surface area contributed by atoms with Gasteiger partial charge in [0.2, 0.25) is 0 Å². The lowest BCUT2D eigenvalue weighted by molar-refractivity contribution is -0.158. The first-order valence-electron chi connectivity index (χ1n) is 22.3. The van der Waals surface area contributed by atoms with Crippen LogP contribution in [-0.2, 0) is 29.2 Å². The molecule has 14 nitrogen and oxygen atoms in total. The summed E-state index contributed by atoms with van der Waals surface area (Å²) in [6, 6.07) is 36.1. The van der Waals surface area contributed by atoms with Crippen molar-refractivity contribution in [3.63, 3.8) is 0 Å². The Morgan fingerprint density at radius 3 is 1.54 bits per heavy atom. The van der Waals surface area contributed by atoms with Crippen molar-refractivity contribution in [1.29, 1.82) is 0 Å². The second kappa shape index (κ2) is 19.0. The minimum Gasteiger partial charge on any atom is -0.490 e. The number of benzene rings is 6. The zero-order chi connectivity index (χ0) is 48.4. The van der Waals surface area contributed by atoms with Crippen LogP contribution in [-0.4, -0.2) is 84.2 Å². The summed E-state index contributed by atoms with van der Waals surface area (Å²) in [5.41, 5.74) is 6.89. The summed E-state index contributed by atoms with van der Waals surface area (Å²) >= 11 is 0. The SMILES string of the molecule is CCOC(=O)c1ccc(-c2ccc(C(=O)O)c(C(=O)OCCOc3ccc4c(c3)C3(c5ccccc5-4)c4ccccc4-c4ccc(OCCOC(=O)C5CC=CCC5C(=O)O)cc43)c2)cc1C(=O)O. The molecule has 3 aliphatic carbocycles. The number of fused-ring (bicyclic) bond motifs is 10. The number of carbonyl (C=O) groups excluding carboxylic acids is 3. The topological polar surface area (TPSA) is 209 Å². The first-order valence-corrected chi connectivity index (χ1v) is 22.3. The maximum Gasteiger partial charge on any atom is 0.339 e. The van der Waals surface area contributed by atoms with Crippen LogP contribution < -0.4 is 9.47 Å². The van der Waals surface area contributed by atoms with Gasteiger partial charge in [-0.2, -0.15) is 0 Å². The van der Waals surface area contributed by atoms with Gasteiger partial charge in [0.25, 0.3) is 0 Å². The quantitative estimate of drug-likeness (QED) is 0.0357. The van der Waals surface area contributed by atoms with Crippen molar-refractivity contribution in [2.24, 2.45) is 11.8 Å². The summed E-state index contributed by atoms with van der Waals surface area (Å²) < 4.78 is 28.5. The standard InChI is InChI=1S/C55H44O14/c1-2-65-52(62)42-20-16-31(27-43(42)51(60)61)32-15-19-40(50(58)59)44(28-32)54(64)69-26-24-67-34-18-22-38-36-10-6-8-14-46(36)55(48(38)30-34)45-13-7-5-9-35(45)37-21-17-33(29-47(37)55)66-23-25-68-53(63)41-12-4-3-11-39(41)49(56)57/h3-10,13-22,27-30,39,41H,2,11-12,23-26H2,1H3,(H,56,57)(H,58,59)(H,60,61). The van der Waals surface area contributed by atoms with E-state index in [2.05, 4.69) is 24.3 Å². The molecule has 0 aliphatic heterocycles. The number of aromatic carboxylic acids is 2. The fourth-order valence-corrected chi connectivity index (χ4v) is 9.77. The Balaban J connectivity index is 0.941. The predicted molar refractivity (Wildman–Crippen MR) is 250 cm³/mol. The molecule has 348 valence electrons. The number of aliphatic carboxylic acids is 1. The van der Waals surface area contributed by atoms with Crippen LogP contribution in [0.25, 0.3) is 33.4 Å². The number of hydrogen-bond acceptors (Lipinski definition) is 11. The van der Waals surface area contributed by atoms with Gasteiger partial charge >= 0.3 is 35.8 Å². The van der Waals surface area contributed by atoms with Crippen molar-refractivity contribution in [3.05, 3.63) is 178 Å². The van der Waals surface area contributed by atoms with Crippen LogP contribution in [0.1, 0.15) is 83.5 Å². The Labute approximate surface area is 395 Å². The van der Waals surface area contributed by atoms with Gasteiger partial charge in [-0.1, -0.05) is 84.9 Å². The third kappa shape index (κ3) is 8.34. The first-order chi connectivity index (χ1) is 33.4. The van der Waals surface area contributed by atoms with Crippen molar-refractivity contribution < 1.29 is 67.8 Å². The highest BCUT2D eigenvalue weighted by Gasteiger charge is 2.52. The van der Waals surface area contributed by atoms with Gasteiger partial charge in [-0.15, -0.1) is 0 Å². The summed E-state index contributed by atoms with van der Waals surface area (Å²) in [6.07, 6.45) is 4.15. The van der Waals surface area contributed by atoms with Gasteiger partial charge in [0.1, 0.15) is 37.9 Å². The molecule has 3 atom stereocenters. The lowest BCUT2D eigenvalue weighted by Crippen LogP contribution is -2.33. The van der Waals surface area contributed by atoms with E-state index in [4.69, 9.17) is 23.7 Å². The van der Waals surface area contributed by atoms with Crippen molar-refractivity contribution in [3.8, 4) is 44.9 Å². The Hall–Kier alpha value is -8.52. The monoisotopic (exact) mass is 928 g/mol. The van der Waals surface area contributed by atoms with Crippen LogP contribution >= 0.6 is 0 Å². The average Bonchev–Trinajstić information content (AvgIpc) is 3.82. The van der Waals surface area contributed by atoms with E-state index in [-0.39, 0.29) is 61.7 Å². The molecule has 1 spiro atoms. The Kier molecular flexibility index (Phi) is 12.6. The Morgan fingerprint density at radius 1 is 0.493 bits per heavy atom. The van der Waals surface area contributed by atoms with Gasteiger partial charge in [0, 0.05) is 0 Å². The molecule has 3 unspecified atom stereocenters. The minimum atomic E-state index is -1.37. The van der Waals surface area contributed by atoms with E-state index >= 15 is 0 Å². The molecule has 0 saturated heterocycles. The lowest BCUT2D eigenvalue weighted by Gasteiger charge is -2.30. The highest BCUT2D eigenvalue weighted by molar-refractivity contribution is 6.05. The molecule has 6 aromatic carbocycles. The third-order valence-corrected chi connectivity index (χ3v) is 12.8. The molecular weight excluding hydrogens is 885 g/mol. The molecule has 0 aromatic heterocycles. The van der Waals surface area contributed by atoms with E-state index in [9.17, 15) is 44.1 Å². The first kappa shape index (κ1) is 45.6. The lowest BCUT2D eigenvalue weighted by atomic mass is 9.70. The van der Waals surface area contributed by atoms with Gasteiger partial charge in [-0.05, 0) is 124 Å². The molecule has 69 heavy (non-hydrogen) atoms. The second-order valence-corrected chi connectivity index (χ2v) is 16.6. The normalized spacial score (nSPS) is 16.9. The van der Waals surface area contributed by atoms with Gasteiger partial charge in [-0.3, -0.25) is 9.59 Å². The van der Waals surface area contributed by atoms with Crippen LogP contribution in [0, 0.1) is 11.8 Å². The van der Waals surface area contributed by atoms with E-state index in [0.29, 0.717) is 29.0 Å². The Bertz CT molecular complexity index is 3100. The molecule has 6 aromatic rings. The smallest absolute Gasteiger partial charge is 0.339 e. The van der Waals surface area contributed by atoms with Crippen LogP contribution in [0.15, 0.2) is 133 Å². The molecule has 14 heteroatoms. The molecule has 0 fully saturated rings. The summed E-state index contributed by atoms with van der Waals surface area (Å²) in [5, 5.41) is 29.4. The maximum atomic E-state index is 13.5. The van der Waals surface area contributed by atoms with Crippen molar-refractivity contribution in [2.45, 2.75) is 25.2 Å². The summed E-state index contributed by atoms with van der Waals surface area (Å²) in [5.74, 6) is -6.64. The summed E-state index contributed by atoms with van der Waals surface area (Å²) in [7, 11) is 0. The van der Waals surface area contributed by atoms with E-state index in [1.54, 1.807) is 19.1 Å². The number of esters is 3. The number of carbonyl (C=O) groups is 6. The summed E-state index contributed by atoms with van der Waals surface area (Å²) in [4.78, 5) is 74.9. The fraction of sp³-hybridized carbons (Fsp3) is 0.200. The second-order valence-electron chi connectivity index (χ2n) is 16.6. The predicted octanol–water partition coefficient (Wildman–Crippen LogP) is 9.10. The molecule has 0 heterocycles. The molecular formula is C55H44O14. The van der Waals surface area contributed by atoms with Gasteiger partial charge in [-0.25, -0.2) is 19.2 Å². The van der Waals surface area contributed by atoms with Crippen molar-refractivity contribution >= 4 is 35.8 Å². The van der Waals surface area contributed by atoms with Gasteiger partial charge in [0.05, 0.1) is 46.1 Å². The maximum absolute atomic E-state index is 13.5. The van der Waals surface area contributed by atoms with E-state index < -0.39 is 53.1 Å². The minimum absolute atomic E-state index is 0.0446. The molecule has 9 rings (SSSR count). The van der Waals surface area contributed by atoms with E-state index in [0.717, 1.165) is 44.5 Å². The van der Waals surface area contributed by atoms with Crippen LogP contribution in [0.4, 0.5) is 0 Å². The average molecular weight is 929 g/mol. The number of carboxylic acid groups (broad SMARTS) is 3. The largest absolute Gasteiger partial charge is 0.490 e. The number of ether oxygens (including phenoxy) is 5.